The number of carbonyl (C=O) groups is 1. The molecule has 34 heavy (non-hydrogen) atoms. The lowest BCUT2D eigenvalue weighted by molar-refractivity contribution is -0.111. The summed E-state index contributed by atoms with van der Waals surface area (Å²) in [6, 6.07) is 17.8. The van der Waals surface area contributed by atoms with E-state index in [1.54, 1.807) is 18.2 Å². The average Bonchev–Trinajstić information content (AvgIpc) is 2.82. The maximum atomic E-state index is 13.0. The van der Waals surface area contributed by atoms with Crippen molar-refractivity contribution in [3.8, 4) is 5.75 Å². The number of nitrogens with zero attached hydrogens (tertiary/aromatic N) is 1. The molecule has 0 saturated heterocycles. The third kappa shape index (κ3) is 6.28. The number of methoxy groups -OCH3 is 1. The van der Waals surface area contributed by atoms with Crippen LogP contribution < -0.4 is 20.5 Å². The van der Waals surface area contributed by atoms with Crippen molar-refractivity contribution in [3.05, 3.63) is 94.6 Å². The molecule has 0 aliphatic rings. The number of anilines is 2. The predicted molar refractivity (Wildman–Crippen MR) is 135 cm³/mol. The maximum absolute atomic E-state index is 13.0. The Labute approximate surface area is 207 Å². The molecule has 0 radical (unpaired) electrons. The van der Waals surface area contributed by atoms with E-state index in [9.17, 15) is 13.2 Å². The Morgan fingerprint density at radius 1 is 1.03 bits per heavy atom. The van der Waals surface area contributed by atoms with Gasteiger partial charge in [0.15, 0.2) is 0 Å². The third-order valence-corrected chi connectivity index (χ3v) is 6.43. The van der Waals surface area contributed by atoms with Gasteiger partial charge in [0.2, 0.25) is 5.91 Å². The molecule has 0 aliphatic carbocycles. The molecule has 8 nitrogen and oxygen atoms in total. The van der Waals surface area contributed by atoms with Crippen molar-refractivity contribution >= 4 is 56.3 Å². The van der Waals surface area contributed by atoms with Crippen molar-refractivity contribution in [3.63, 3.8) is 0 Å². The molecule has 0 atom stereocenters. The summed E-state index contributed by atoms with van der Waals surface area (Å²) < 4.78 is 33.6. The summed E-state index contributed by atoms with van der Waals surface area (Å²) in [7, 11) is -2.84. The summed E-state index contributed by atoms with van der Waals surface area (Å²) in [6.07, 6.45) is 2.41. The van der Waals surface area contributed by atoms with E-state index >= 15 is 0 Å². The van der Waals surface area contributed by atoms with Gasteiger partial charge in [-0.1, -0.05) is 59.6 Å². The summed E-state index contributed by atoms with van der Waals surface area (Å²) in [4.78, 5) is 16.1. The van der Waals surface area contributed by atoms with Crippen molar-refractivity contribution in [2.45, 2.75) is 4.90 Å². The quantitative estimate of drug-likeness (QED) is 0.227. The number of nitrogens with one attached hydrogen (secondary N) is 2. The highest BCUT2D eigenvalue weighted by Gasteiger charge is 2.23. The van der Waals surface area contributed by atoms with Gasteiger partial charge >= 0.3 is 0 Å². The highest BCUT2D eigenvalue weighted by molar-refractivity contribution is 7.92. The van der Waals surface area contributed by atoms with Gasteiger partial charge in [0.25, 0.3) is 10.0 Å². The van der Waals surface area contributed by atoms with Gasteiger partial charge in [0, 0.05) is 23.5 Å². The number of hydrogen-bond acceptors (Lipinski definition) is 5. The minimum Gasteiger partial charge on any atom is -0.495 e. The highest BCUT2D eigenvalue weighted by Crippen LogP contribution is 2.34. The molecule has 0 spiro atoms. The zero-order chi connectivity index (χ0) is 24.7. The first-order valence-corrected chi connectivity index (χ1v) is 12.0. The summed E-state index contributed by atoms with van der Waals surface area (Å²) in [5.74, 6) is -0.239. The number of ether oxygens (including phenoxy) is 1. The summed E-state index contributed by atoms with van der Waals surface area (Å²) >= 11 is 12.2. The van der Waals surface area contributed by atoms with E-state index in [2.05, 4.69) is 15.0 Å². The molecule has 0 aliphatic heterocycles. The number of aliphatic imine (C=N–C) groups is 1. The topological polar surface area (TPSA) is 123 Å². The van der Waals surface area contributed by atoms with Gasteiger partial charge in [0.1, 0.15) is 16.5 Å². The van der Waals surface area contributed by atoms with Crippen LogP contribution in [0.3, 0.4) is 0 Å². The van der Waals surface area contributed by atoms with E-state index in [1.165, 1.54) is 43.6 Å². The minimum absolute atomic E-state index is 0.0270. The highest BCUT2D eigenvalue weighted by atomic mass is 35.5. The zero-order valence-electron chi connectivity index (χ0n) is 17.8. The molecular weight excluding hydrogens is 499 g/mol. The lowest BCUT2D eigenvalue weighted by Gasteiger charge is -2.15. The van der Waals surface area contributed by atoms with Crippen molar-refractivity contribution in [2.75, 3.05) is 17.1 Å². The van der Waals surface area contributed by atoms with Crippen molar-refractivity contribution in [1.29, 1.82) is 0 Å². The number of halogens is 2. The van der Waals surface area contributed by atoms with Crippen LogP contribution in [0.1, 0.15) is 5.56 Å². The van der Waals surface area contributed by atoms with Gasteiger partial charge in [-0.05, 0) is 30.3 Å². The molecule has 0 bridgehead atoms. The second kappa shape index (κ2) is 11.1. The van der Waals surface area contributed by atoms with Gasteiger partial charge in [0.05, 0.1) is 22.8 Å². The first kappa shape index (κ1) is 25.1. The predicted octanol–water partition coefficient (Wildman–Crippen LogP) is 4.66. The van der Waals surface area contributed by atoms with Crippen LogP contribution in [-0.2, 0) is 14.8 Å². The van der Waals surface area contributed by atoms with E-state index in [0.29, 0.717) is 5.56 Å². The Hall–Kier alpha value is -3.53. The largest absolute Gasteiger partial charge is 0.495 e. The van der Waals surface area contributed by atoms with Crippen LogP contribution in [0.2, 0.25) is 10.0 Å². The SMILES string of the molecule is COc1ccc(NC(=O)/C=C/N=C(N)c2ccccc2)cc1S(=O)(=O)Nc1c(Cl)cccc1Cl. The van der Waals surface area contributed by atoms with E-state index < -0.39 is 15.9 Å². The molecule has 0 aromatic heterocycles. The standard InChI is InChI=1S/C23H20Cl2N4O4S/c1-33-19-11-10-16(28-21(30)12-13-27-23(26)15-6-3-2-4-7-15)14-20(19)34(31,32)29-22-17(24)8-5-9-18(22)25/h2-14,29H,1H3,(H2,26,27)(H,28,30)/b13-12+. The summed E-state index contributed by atoms with van der Waals surface area (Å²) in [6.45, 7) is 0. The second-order valence-corrected chi connectivity index (χ2v) is 9.22. The van der Waals surface area contributed by atoms with Crippen molar-refractivity contribution in [1.82, 2.24) is 0 Å². The van der Waals surface area contributed by atoms with Gasteiger partial charge in [-0.3, -0.25) is 9.52 Å². The van der Waals surface area contributed by atoms with E-state index in [0.717, 1.165) is 6.08 Å². The number of benzene rings is 3. The zero-order valence-corrected chi connectivity index (χ0v) is 20.2. The molecule has 1 amide bonds. The molecule has 3 aromatic carbocycles. The Kier molecular flexibility index (Phi) is 8.17. The number of para-hydroxylation sites is 1. The normalized spacial score (nSPS) is 11.9. The first-order valence-electron chi connectivity index (χ1n) is 9.72. The van der Waals surface area contributed by atoms with E-state index in [-0.39, 0.29) is 37.9 Å². The summed E-state index contributed by atoms with van der Waals surface area (Å²) in [5, 5.41) is 2.82. The molecule has 176 valence electrons. The fourth-order valence-corrected chi connectivity index (χ4v) is 4.70. The number of carbonyl (C=O) groups excluding carboxylic acids is 1. The number of hydrogen-bond donors (Lipinski definition) is 3. The monoisotopic (exact) mass is 518 g/mol. The van der Waals surface area contributed by atoms with Crippen LogP contribution in [0.4, 0.5) is 11.4 Å². The van der Waals surface area contributed by atoms with Gasteiger partial charge in [-0.2, -0.15) is 0 Å². The van der Waals surface area contributed by atoms with E-state index in [1.807, 2.05) is 18.2 Å². The molecular formula is C23H20Cl2N4O4S. The van der Waals surface area contributed by atoms with Crippen LogP contribution in [0, 0.1) is 0 Å². The lowest BCUT2D eigenvalue weighted by atomic mass is 10.2. The Balaban J connectivity index is 1.80. The first-order chi connectivity index (χ1) is 16.2. The third-order valence-electron chi connectivity index (χ3n) is 4.43. The van der Waals surface area contributed by atoms with Crippen LogP contribution in [-0.4, -0.2) is 27.3 Å². The van der Waals surface area contributed by atoms with Crippen LogP contribution >= 0.6 is 23.2 Å². The molecule has 3 rings (SSSR count). The minimum atomic E-state index is -4.17. The average molecular weight is 519 g/mol. The van der Waals surface area contributed by atoms with Crippen LogP contribution in [0.5, 0.6) is 5.75 Å². The molecule has 0 saturated carbocycles. The van der Waals surface area contributed by atoms with E-state index in [4.69, 9.17) is 33.7 Å². The molecule has 0 heterocycles. The molecule has 4 N–H and O–H groups in total. The van der Waals surface area contributed by atoms with Gasteiger partial charge in [-0.15, -0.1) is 0 Å². The Morgan fingerprint density at radius 2 is 1.71 bits per heavy atom. The summed E-state index contributed by atoms with van der Waals surface area (Å²) in [5.41, 5.74) is 6.83. The fraction of sp³-hybridized carbons (Fsp3) is 0.0435. The number of sulfonamides is 1. The molecule has 0 fully saturated rings. The van der Waals surface area contributed by atoms with Crippen molar-refractivity contribution in [2.24, 2.45) is 10.7 Å². The molecule has 3 aromatic rings. The van der Waals surface area contributed by atoms with Crippen molar-refractivity contribution < 1.29 is 17.9 Å². The lowest BCUT2D eigenvalue weighted by Crippen LogP contribution is -2.16. The number of amidine groups is 1. The van der Waals surface area contributed by atoms with Crippen LogP contribution in [0.15, 0.2) is 88.9 Å². The number of rotatable bonds is 8. The Morgan fingerprint density at radius 3 is 2.35 bits per heavy atom. The van der Waals surface area contributed by atoms with Gasteiger partial charge in [-0.25, -0.2) is 13.4 Å². The molecule has 11 heteroatoms. The maximum Gasteiger partial charge on any atom is 0.265 e. The number of amides is 1. The fourth-order valence-electron chi connectivity index (χ4n) is 2.80. The Bertz CT molecular complexity index is 1340. The number of nitrogens with two attached hydrogens (primary N) is 1. The smallest absolute Gasteiger partial charge is 0.265 e. The van der Waals surface area contributed by atoms with Gasteiger partial charge < -0.3 is 15.8 Å². The second-order valence-electron chi connectivity index (χ2n) is 6.75. The van der Waals surface area contributed by atoms with Crippen LogP contribution in [0.25, 0.3) is 0 Å². The molecule has 0 unspecified atom stereocenters.